The highest BCUT2D eigenvalue weighted by Gasteiger charge is 2.14. The first-order chi connectivity index (χ1) is 11.2. The van der Waals surface area contributed by atoms with Gasteiger partial charge >= 0.3 is 0 Å². The zero-order valence-corrected chi connectivity index (χ0v) is 13.6. The van der Waals surface area contributed by atoms with Gasteiger partial charge in [0.2, 0.25) is 0 Å². The molecule has 0 radical (unpaired) electrons. The number of benzene rings is 3. The third-order valence-corrected chi connectivity index (χ3v) is 4.32. The van der Waals surface area contributed by atoms with Crippen molar-refractivity contribution in [3.05, 3.63) is 58.9 Å². The smallest absolute Gasteiger partial charge is 0.155 e. The average Bonchev–Trinajstić information content (AvgIpc) is 2.55. The van der Waals surface area contributed by atoms with Gasteiger partial charge in [-0.15, -0.1) is 0 Å². The van der Waals surface area contributed by atoms with Gasteiger partial charge in [-0.05, 0) is 44.0 Å². The second-order valence-electron chi connectivity index (χ2n) is 5.88. The van der Waals surface area contributed by atoms with E-state index in [-0.39, 0.29) is 0 Å². The summed E-state index contributed by atoms with van der Waals surface area (Å²) in [6, 6.07) is 14.4. The van der Waals surface area contributed by atoms with Crippen LogP contribution < -0.4 is 5.36 Å². The van der Waals surface area contributed by atoms with Crippen molar-refractivity contribution in [3.8, 4) is 11.5 Å². The summed E-state index contributed by atoms with van der Waals surface area (Å²) in [5.74, 6) is 0.784. The minimum Gasteiger partial charge on any atom is -0.453 e. The Morgan fingerprint density at radius 3 is 2.52 bits per heavy atom. The van der Waals surface area contributed by atoms with Crippen LogP contribution in [0.5, 0.6) is 0 Å². The van der Waals surface area contributed by atoms with Crippen LogP contribution in [0.15, 0.2) is 51.9 Å². The minimum atomic E-state index is 0.745. The van der Waals surface area contributed by atoms with Crippen LogP contribution in [0.25, 0.3) is 33.3 Å². The van der Waals surface area contributed by atoms with E-state index >= 15 is 0 Å². The lowest BCUT2D eigenvalue weighted by molar-refractivity contribution is 0.613. The van der Waals surface area contributed by atoms with Crippen LogP contribution in [-0.4, -0.2) is 11.5 Å². The van der Waals surface area contributed by atoms with Crippen molar-refractivity contribution >= 4 is 21.9 Å². The molecule has 1 aliphatic heterocycles. The lowest BCUT2D eigenvalue weighted by Crippen LogP contribution is -2.07. The fourth-order valence-electron chi connectivity index (χ4n) is 2.99. The molecule has 1 heterocycles. The number of hydrogen-bond acceptors (Lipinski definition) is 3. The normalized spacial score (nSPS) is 12.6. The van der Waals surface area contributed by atoms with Gasteiger partial charge in [-0.3, -0.25) is 4.99 Å². The standard InChI is InChI=1S/C20H18N2O/c1-4-21-16-11-19-20(15-8-6-5-7-14(15)16)22-17-9-12(2)13(3)10-18(17)23-19/h5-11H,4H2,1-3H3. The molecule has 0 atom stereocenters. The molecular weight excluding hydrogens is 284 g/mol. The van der Waals surface area contributed by atoms with Crippen LogP contribution in [0.1, 0.15) is 18.1 Å². The predicted octanol–water partition coefficient (Wildman–Crippen LogP) is 4.62. The van der Waals surface area contributed by atoms with Crippen molar-refractivity contribution in [1.29, 1.82) is 0 Å². The zero-order valence-electron chi connectivity index (χ0n) is 13.6. The van der Waals surface area contributed by atoms with E-state index in [1.54, 1.807) is 0 Å². The van der Waals surface area contributed by atoms with Gasteiger partial charge in [-0.1, -0.05) is 24.3 Å². The molecule has 3 heteroatoms. The first-order valence-electron chi connectivity index (χ1n) is 7.91. The first kappa shape index (κ1) is 13.9. The number of nitrogens with zero attached hydrogens (tertiary/aromatic N) is 2. The van der Waals surface area contributed by atoms with Gasteiger partial charge in [0.05, 0.1) is 5.36 Å². The Bertz CT molecular complexity index is 1080. The summed E-state index contributed by atoms with van der Waals surface area (Å²) in [7, 11) is 0. The maximum atomic E-state index is 6.15. The molecule has 1 aliphatic carbocycles. The molecule has 0 spiro atoms. The number of fused-ring (bicyclic) bond motifs is 4. The van der Waals surface area contributed by atoms with E-state index in [1.165, 1.54) is 11.1 Å². The van der Waals surface area contributed by atoms with E-state index in [0.717, 1.165) is 45.2 Å². The van der Waals surface area contributed by atoms with Gasteiger partial charge in [0.15, 0.2) is 11.3 Å². The van der Waals surface area contributed by atoms with Crippen molar-refractivity contribution in [2.24, 2.45) is 4.99 Å². The molecule has 0 N–H and O–H groups in total. The Kier molecular flexibility index (Phi) is 3.15. The summed E-state index contributed by atoms with van der Waals surface area (Å²) in [6.07, 6.45) is 0. The van der Waals surface area contributed by atoms with Crippen LogP contribution in [0.3, 0.4) is 0 Å². The van der Waals surface area contributed by atoms with Gasteiger partial charge in [-0.2, -0.15) is 0 Å². The SMILES string of the molecule is CCN=c1cc2oc3cc(C)c(C)cc3nc-2c2ccccc12. The largest absolute Gasteiger partial charge is 0.453 e. The van der Waals surface area contributed by atoms with Crippen molar-refractivity contribution in [1.82, 2.24) is 4.98 Å². The molecule has 0 aromatic heterocycles. The van der Waals surface area contributed by atoms with Crippen molar-refractivity contribution in [2.45, 2.75) is 20.8 Å². The van der Waals surface area contributed by atoms with Crippen molar-refractivity contribution < 1.29 is 4.42 Å². The summed E-state index contributed by atoms with van der Waals surface area (Å²) in [5, 5.41) is 3.16. The summed E-state index contributed by atoms with van der Waals surface area (Å²) < 4.78 is 6.15. The molecular formula is C20H18N2O. The molecule has 0 amide bonds. The van der Waals surface area contributed by atoms with Crippen LogP contribution in [0, 0.1) is 13.8 Å². The number of aryl methyl sites for hydroxylation is 2. The molecule has 2 aliphatic rings. The van der Waals surface area contributed by atoms with E-state index < -0.39 is 0 Å². The number of hydrogen-bond donors (Lipinski definition) is 0. The minimum absolute atomic E-state index is 0.745. The summed E-state index contributed by atoms with van der Waals surface area (Å²) >= 11 is 0. The van der Waals surface area contributed by atoms with Crippen LogP contribution >= 0.6 is 0 Å². The van der Waals surface area contributed by atoms with Gasteiger partial charge in [-0.25, -0.2) is 4.98 Å². The van der Waals surface area contributed by atoms with Gasteiger partial charge in [0.25, 0.3) is 0 Å². The van der Waals surface area contributed by atoms with E-state index in [9.17, 15) is 0 Å². The van der Waals surface area contributed by atoms with Crippen molar-refractivity contribution in [2.75, 3.05) is 6.54 Å². The molecule has 23 heavy (non-hydrogen) atoms. The van der Waals surface area contributed by atoms with E-state index in [1.807, 2.05) is 25.1 Å². The Hall–Kier alpha value is -2.68. The fraction of sp³-hybridized carbons (Fsp3) is 0.200. The Morgan fingerprint density at radius 1 is 1.00 bits per heavy atom. The highest BCUT2D eigenvalue weighted by Crippen LogP contribution is 2.30. The molecule has 0 saturated heterocycles. The Balaban J connectivity index is 2.21. The van der Waals surface area contributed by atoms with Gasteiger partial charge in [0.1, 0.15) is 11.2 Å². The van der Waals surface area contributed by atoms with Crippen LogP contribution in [0.4, 0.5) is 0 Å². The lowest BCUT2D eigenvalue weighted by Gasteiger charge is -2.11. The summed E-state index contributed by atoms with van der Waals surface area (Å²) in [6.45, 7) is 6.98. The predicted molar refractivity (Wildman–Crippen MR) is 93.7 cm³/mol. The molecule has 4 rings (SSSR count). The topological polar surface area (TPSA) is 38.4 Å². The van der Waals surface area contributed by atoms with Crippen LogP contribution in [0.2, 0.25) is 0 Å². The lowest BCUT2D eigenvalue weighted by atomic mass is 10.0. The number of rotatable bonds is 1. The second-order valence-corrected chi connectivity index (χ2v) is 5.88. The average molecular weight is 302 g/mol. The maximum absolute atomic E-state index is 6.15. The van der Waals surface area contributed by atoms with Gasteiger partial charge < -0.3 is 4.42 Å². The third-order valence-electron chi connectivity index (χ3n) is 4.32. The molecule has 0 fully saturated rings. The monoisotopic (exact) mass is 302 g/mol. The first-order valence-corrected chi connectivity index (χ1v) is 7.91. The molecule has 0 unspecified atom stereocenters. The van der Waals surface area contributed by atoms with Gasteiger partial charge in [0, 0.05) is 23.4 Å². The Morgan fingerprint density at radius 2 is 1.74 bits per heavy atom. The molecule has 0 saturated carbocycles. The molecule has 3 nitrogen and oxygen atoms in total. The summed E-state index contributed by atoms with van der Waals surface area (Å²) in [4.78, 5) is 9.48. The van der Waals surface area contributed by atoms with Crippen LogP contribution in [-0.2, 0) is 0 Å². The zero-order chi connectivity index (χ0) is 16.0. The van der Waals surface area contributed by atoms with Crippen molar-refractivity contribution in [3.63, 3.8) is 0 Å². The summed E-state index contributed by atoms with van der Waals surface area (Å²) in [5.41, 5.74) is 5.04. The van der Waals surface area contributed by atoms with E-state index in [4.69, 9.17) is 9.40 Å². The second kappa shape index (κ2) is 5.20. The number of aromatic nitrogens is 1. The quantitative estimate of drug-likeness (QED) is 0.380. The fourth-order valence-corrected chi connectivity index (χ4v) is 2.99. The molecule has 2 aromatic carbocycles. The molecule has 0 bridgehead atoms. The molecule has 114 valence electrons. The molecule has 2 aromatic rings. The highest BCUT2D eigenvalue weighted by molar-refractivity contribution is 5.96. The Labute approximate surface area is 134 Å². The highest BCUT2D eigenvalue weighted by atomic mass is 16.3. The van der Waals surface area contributed by atoms with E-state index in [2.05, 4.69) is 43.1 Å². The maximum Gasteiger partial charge on any atom is 0.155 e. The third kappa shape index (κ3) is 2.20. The van der Waals surface area contributed by atoms with E-state index in [0.29, 0.717) is 0 Å².